The van der Waals surface area contributed by atoms with Crippen molar-refractivity contribution in [2.75, 3.05) is 6.61 Å². The van der Waals surface area contributed by atoms with Crippen molar-refractivity contribution in [2.24, 2.45) is 18.1 Å². The van der Waals surface area contributed by atoms with E-state index >= 15 is 0 Å². The average Bonchev–Trinajstić information content (AvgIpc) is 3.18. The summed E-state index contributed by atoms with van der Waals surface area (Å²) in [6.07, 6.45) is 2.93. The average molecular weight is 384 g/mol. The lowest BCUT2D eigenvalue weighted by Crippen LogP contribution is -2.27. The molecule has 8 nitrogen and oxygen atoms in total. The minimum Gasteiger partial charge on any atom is -0.395 e. The Morgan fingerprint density at radius 1 is 1.48 bits per heavy atom. The number of hydrogen-bond donors (Lipinski definition) is 1. The second-order valence-corrected chi connectivity index (χ2v) is 6.96. The van der Waals surface area contributed by atoms with Crippen LogP contribution in [0.2, 0.25) is 0 Å². The zero-order chi connectivity index (χ0) is 18.3. The second kappa shape index (κ2) is 6.49. The Morgan fingerprint density at radius 2 is 2.20 bits per heavy atom. The topological polar surface area (TPSA) is 111 Å². The van der Waals surface area contributed by atoms with E-state index in [-0.39, 0.29) is 21.0 Å². The smallest absolute Gasteiger partial charge is 0.277 e. The maximum absolute atomic E-state index is 12.8. The molecule has 1 aliphatic heterocycles. The van der Waals surface area contributed by atoms with Crippen molar-refractivity contribution in [1.82, 2.24) is 9.78 Å². The van der Waals surface area contributed by atoms with Gasteiger partial charge < -0.3 is 9.94 Å². The molecule has 1 aromatic rings. The number of Topliss-reactive ketones (excluding diaryl/α,β-unsaturated/α-hetero) is 1. The molecular weight excluding hydrogens is 370 g/mol. The van der Waals surface area contributed by atoms with Crippen LogP contribution >= 0.6 is 11.6 Å². The molecule has 0 bridgehead atoms. The van der Waals surface area contributed by atoms with E-state index in [4.69, 9.17) is 16.4 Å². The van der Waals surface area contributed by atoms with Crippen LogP contribution in [0.1, 0.15) is 23.7 Å². The van der Waals surface area contributed by atoms with Gasteiger partial charge in [-0.15, -0.1) is 0 Å². The van der Waals surface area contributed by atoms with E-state index in [1.54, 1.807) is 6.92 Å². The van der Waals surface area contributed by atoms with Gasteiger partial charge in [-0.25, -0.2) is 0 Å². The van der Waals surface area contributed by atoms with Gasteiger partial charge in [0, 0.05) is 36.7 Å². The first-order chi connectivity index (χ1) is 11.8. The summed E-state index contributed by atoms with van der Waals surface area (Å²) >= 11 is 6.42. The summed E-state index contributed by atoms with van der Waals surface area (Å²) in [5.41, 5.74) is 0.223. The molecule has 3 rings (SSSR count). The summed E-state index contributed by atoms with van der Waals surface area (Å²) in [5.74, 6) is -1.23. The standard InChI is InChI=1S/C15H14ClN3O5S/c1-7-11(25(22)23)5-8(13(16)12(7)10-3-4-24-18-10)14(20)9-6-17-19(2)15(9)21/h5-7,17H,3-4H2,1-2H3. The molecule has 132 valence electrons. The third-order valence-corrected chi connectivity index (χ3v) is 5.42. The summed E-state index contributed by atoms with van der Waals surface area (Å²) in [5, 5.41) is 6.58. The van der Waals surface area contributed by atoms with Crippen LogP contribution in [-0.4, -0.2) is 41.2 Å². The third-order valence-electron chi connectivity index (χ3n) is 4.15. The lowest BCUT2D eigenvalue weighted by Gasteiger charge is -2.22. The van der Waals surface area contributed by atoms with Gasteiger partial charge in [-0.2, -0.15) is 8.42 Å². The van der Waals surface area contributed by atoms with Gasteiger partial charge in [0.1, 0.15) is 12.2 Å². The van der Waals surface area contributed by atoms with Gasteiger partial charge in [0.05, 0.1) is 15.6 Å². The highest BCUT2D eigenvalue weighted by Crippen LogP contribution is 2.35. The molecule has 0 fully saturated rings. The molecule has 2 aliphatic rings. The Balaban J connectivity index is 2.21. The van der Waals surface area contributed by atoms with E-state index in [1.165, 1.54) is 19.3 Å². The molecule has 0 saturated heterocycles. The number of nitrogens with one attached hydrogen (secondary N) is 1. The minimum absolute atomic E-state index is 0.00436. The van der Waals surface area contributed by atoms with Crippen LogP contribution in [0, 0.1) is 5.92 Å². The number of ketones is 1. The highest BCUT2D eigenvalue weighted by molar-refractivity contribution is 7.73. The Morgan fingerprint density at radius 3 is 2.72 bits per heavy atom. The van der Waals surface area contributed by atoms with Crippen molar-refractivity contribution in [3.05, 3.63) is 44.4 Å². The summed E-state index contributed by atoms with van der Waals surface area (Å²) in [7, 11) is -1.09. The third kappa shape index (κ3) is 2.89. The fourth-order valence-electron chi connectivity index (χ4n) is 2.81. The lowest BCUT2D eigenvalue weighted by atomic mass is 9.84. The summed E-state index contributed by atoms with van der Waals surface area (Å²) < 4.78 is 24.4. The van der Waals surface area contributed by atoms with E-state index in [2.05, 4.69) is 10.3 Å². The van der Waals surface area contributed by atoms with Gasteiger partial charge >= 0.3 is 0 Å². The van der Waals surface area contributed by atoms with Crippen LogP contribution < -0.4 is 5.56 Å². The molecule has 2 heterocycles. The number of nitrogens with zero attached hydrogens (tertiary/aromatic N) is 2. The van der Waals surface area contributed by atoms with Crippen LogP contribution in [0.25, 0.3) is 0 Å². The first kappa shape index (κ1) is 17.4. The van der Waals surface area contributed by atoms with Crippen LogP contribution in [0.3, 0.4) is 0 Å². The van der Waals surface area contributed by atoms with E-state index in [0.717, 1.165) is 4.68 Å². The van der Waals surface area contributed by atoms with Gasteiger partial charge in [0.2, 0.25) is 16.1 Å². The lowest BCUT2D eigenvalue weighted by molar-refractivity contribution is 0.103. The number of rotatable bonds is 3. The maximum Gasteiger partial charge on any atom is 0.277 e. The molecule has 1 aromatic heterocycles. The molecule has 0 aromatic carbocycles. The number of aromatic nitrogens is 2. The van der Waals surface area contributed by atoms with Crippen molar-refractivity contribution in [1.29, 1.82) is 0 Å². The highest BCUT2D eigenvalue weighted by Gasteiger charge is 2.34. The fraction of sp³-hybridized carbons (Fsp3) is 0.333. The van der Waals surface area contributed by atoms with Gasteiger partial charge in [-0.1, -0.05) is 23.7 Å². The Kier molecular flexibility index (Phi) is 4.53. The molecule has 0 amide bonds. The zero-order valence-electron chi connectivity index (χ0n) is 13.4. The number of carbonyl (C=O) groups is 1. The molecule has 0 spiro atoms. The van der Waals surface area contributed by atoms with Crippen LogP contribution in [0.5, 0.6) is 0 Å². The maximum atomic E-state index is 12.8. The first-order valence-corrected chi connectivity index (χ1v) is 8.84. The van der Waals surface area contributed by atoms with Gasteiger partial charge in [-0.05, 0) is 6.08 Å². The molecule has 1 aliphatic carbocycles. The number of halogens is 1. The number of allylic oxidation sites excluding steroid dienone is 4. The molecule has 1 N–H and O–H groups in total. The summed E-state index contributed by atoms with van der Waals surface area (Å²) in [4.78, 5) is 29.8. The van der Waals surface area contributed by atoms with Crippen molar-refractivity contribution in [3.8, 4) is 0 Å². The highest BCUT2D eigenvalue weighted by atomic mass is 35.5. The number of oxime groups is 1. The van der Waals surface area contributed by atoms with Crippen molar-refractivity contribution < 1.29 is 18.0 Å². The van der Waals surface area contributed by atoms with Crippen molar-refractivity contribution >= 4 is 38.3 Å². The second-order valence-electron chi connectivity index (χ2n) is 5.65. The molecule has 0 saturated carbocycles. The predicted octanol–water partition coefficient (Wildman–Crippen LogP) is 0.793. The molecule has 1 atom stereocenters. The fourth-order valence-corrected chi connectivity index (χ4v) is 3.84. The van der Waals surface area contributed by atoms with E-state index in [0.29, 0.717) is 24.3 Å². The molecule has 10 heteroatoms. The van der Waals surface area contributed by atoms with Crippen molar-refractivity contribution in [3.63, 3.8) is 0 Å². The Labute approximate surface area is 148 Å². The largest absolute Gasteiger partial charge is 0.395 e. The van der Waals surface area contributed by atoms with Crippen LogP contribution in [0.15, 0.2) is 38.4 Å². The molecular formula is C15H14ClN3O5S. The van der Waals surface area contributed by atoms with E-state index in [1.807, 2.05) is 0 Å². The van der Waals surface area contributed by atoms with Crippen LogP contribution in [-0.2, 0) is 22.2 Å². The van der Waals surface area contributed by atoms with Crippen molar-refractivity contribution in [2.45, 2.75) is 13.3 Å². The zero-order valence-corrected chi connectivity index (χ0v) is 14.9. The number of aryl methyl sites for hydroxylation is 1. The summed E-state index contributed by atoms with van der Waals surface area (Å²) in [6.45, 7) is 2.02. The monoisotopic (exact) mass is 383 g/mol. The molecule has 0 radical (unpaired) electrons. The minimum atomic E-state index is -2.55. The number of aromatic amines is 1. The number of carbonyl (C=O) groups excluding carboxylic acids is 1. The SMILES string of the molecule is CC1C(C2=NOCC2)=C(Cl)C(C(=O)c2c[nH]n(C)c2=O)=CC1=S(=O)=O. The van der Waals surface area contributed by atoms with Crippen LogP contribution in [0.4, 0.5) is 0 Å². The number of H-pyrrole nitrogens is 1. The van der Waals surface area contributed by atoms with Gasteiger partial charge in [0.25, 0.3) is 5.56 Å². The Hall–Kier alpha value is -2.39. The van der Waals surface area contributed by atoms with E-state index < -0.39 is 27.6 Å². The van der Waals surface area contributed by atoms with Gasteiger partial charge in [-0.3, -0.25) is 14.3 Å². The predicted molar refractivity (Wildman–Crippen MR) is 92.4 cm³/mol. The summed E-state index contributed by atoms with van der Waals surface area (Å²) in [6, 6.07) is 0. The first-order valence-electron chi connectivity index (χ1n) is 7.39. The Bertz CT molecular complexity index is 1050. The normalized spacial score (nSPS) is 20.3. The number of hydrogen-bond acceptors (Lipinski definition) is 6. The molecule has 1 unspecified atom stereocenters. The van der Waals surface area contributed by atoms with Gasteiger partial charge in [0.15, 0.2) is 0 Å². The quantitative estimate of drug-likeness (QED) is 0.613. The van der Waals surface area contributed by atoms with E-state index in [9.17, 15) is 18.0 Å². The molecule has 25 heavy (non-hydrogen) atoms.